The van der Waals surface area contributed by atoms with Crippen LogP contribution >= 0.6 is 0 Å². The molecule has 5 nitrogen and oxygen atoms in total. The van der Waals surface area contributed by atoms with E-state index in [0.717, 1.165) is 12.3 Å². The van der Waals surface area contributed by atoms with Gasteiger partial charge in [0.25, 0.3) is 15.9 Å². The SMILES string of the molecule is CN(c1ccccc1C(=O)N[C@H]1C[C@@H]2CC[C@@H]1C2)S(=O)(=O)c1ccccc1. The van der Waals surface area contributed by atoms with Crippen LogP contribution in [0.5, 0.6) is 0 Å². The maximum absolute atomic E-state index is 13.0. The molecule has 0 radical (unpaired) electrons. The van der Waals surface area contributed by atoms with E-state index >= 15 is 0 Å². The van der Waals surface area contributed by atoms with E-state index in [1.807, 2.05) is 0 Å². The number of sulfonamides is 1. The molecule has 2 bridgehead atoms. The third-order valence-corrected chi connectivity index (χ3v) is 7.73. The molecule has 6 heteroatoms. The van der Waals surface area contributed by atoms with Crippen LogP contribution in [0.3, 0.4) is 0 Å². The van der Waals surface area contributed by atoms with Crippen LogP contribution in [0.1, 0.15) is 36.0 Å². The number of rotatable bonds is 5. The van der Waals surface area contributed by atoms with Crippen LogP contribution in [-0.2, 0) is 10.0 Å². The molecule has 4 rings (SSSR count). The number of carbonyl (C=O) groups is 1. The van der Waals surface area contributed by atoms with Gasteiger partial charge < -0.3 is 5.32 Å². The topological polar surface area (TPSA) is 66.5 Å². The zero-order valence-corrected chi connectivity index (χ0v) is 16.2. The Hall–Kier alpha value is -2.34. The number of amides is 1. The molecule has 2 aliphatic rings. The van der Waals surface area contributed by atoms with Crippen molar-refractivity contribution < 1.29 is 13.2 Å². The summed E-state index contributed by atoms with van der Waals surface area (Å²) in [5, 5.41) is 3.15. The molecule has 2 aromatic rings. The number of anilines is 1. The van der Waals surface area contributed by atoms with Gasteiger partial charge in [-0.05, 0) is 55.4 Å². The van der Waals surface area contributed by atoms with Crippen molar-refractivity contribution in [2.45, 2.75) is 36.6 Å². The molecular formula is C21H24N2O3S. The first kappa shape index (κ1) is 18.0. The molecule has 1 N–H and O–H groups in total. The second-order valence-corrected chi connectivity index (χ2v) is 9.53. The van der Waals surface area contributed by atoms with Crippen molar-refractivity contribution in [1.29, 1.82) is 0 Å². The van der Waals surface area contributed by atoms with Gasteiger partial charge in [0.1, 0.15) is 0 Å². The van der Waals surface area contributed by atoms with Crippen LogP contribution in [0, 0.1) is 11.8 Å². The molecule has 2 aliphatic carbocycles. The van der Waals surface area contributed by atoms with Crippen LogP contribution in [0.15, 0.2) is 59.5 Å². The Labute approximate surface area is 160 Å². The third kappa shape index (κ3) is 3.34. The molecule has 3 atom stereocenters. The van der Waals surface area contributed by atoms with E-state index in [0.29, 0.717) is 17.2 Å². The minimum atomic E-state index is -3.73. The van der Waals surface area contributed by atoms with E-state index in [1.54, 1.807) is 54.6 Å². The van der Waals surface area contributed by atoms with Crippen LogP contribution < -0.4 is 9.62 Å². The molecule has 0 spiro atoms. The van der Waals surface area contributed by atoms with Crippen molar-refractivity contribution in [1.82, 2.24) is 5.32 Å². The second-order valence-electron chi connectivity index (χ2n) is 7.56. The number of carbonyl (C=O) groups excluding carboxylic acids is 1. The van der Waals surface area contributed by atoms with Crippen molar-refractivity contribution >= 4 is 21.6 Å². The van der Waals surface area contributed by atoms with Crippen LogP contribution in [0.4, 0.5) is 5.69 Å². The molecule has 142 valence electrons. The summed E-state index contributed by atoms with van der Waals surface area (Å²) in [6, 6.07) is 15.4. The van der Waals surface area contributed by atoms with E-state index in [2.05, 4.69) is 5.32 Å². The average molecular weight is 385 g/mol. The summed E-state index contributed by atoms with van der Waals surface area (Å²) < 4.78 is 27.1. The lowest BCUT2D eigenvalue weighted by Gasteiger charge is -2.25. The van der Waals surface area contributed by atoms with Crippen LogP contribution in [0.2, 0.25) is 0 Å². The number of fused-ring (bicyclic) bond motifs is 2. The number of para-hydroxylation sites is 1. The number of hydrogen-bond donors (Lipinski definition) is 1. The van der Waals surface area contributed by atoms with Gasteiger partial charge in [-0.3, -0.25) is 9.10 Å². The smallest absolute Gasteiger partial charge is 0.264 e. The molecule has 0 saturated heterocycles. The zero-order chi connectivity index (χ0) is 19.0. The van der Waals surface area contributed by atoms with Crippen molar-refractivity contribution in [3.05, 3.63) is 60.2 Å². The van der Waals surface area contributed by atoms with Gasteiger partial charge in [-0.25, -0.2) is 8.42 Å². The number of nitrogens with zero attached hydrogens (tertiary/aromatic N) is 1. The molecular weight excluding hydrogens is 360 g/mol. The summed E-state index contributed by atoms with van der Waals surface area (Å²) in [7, 11) is -2.24. The fourth-order valence-electron chi connectivity index (χ4n) is 4.49. The highest BCUT2D eigenvalue weighted by Gasteiger charge is 2.40. The Balaban J connectivity index is 1.60. The van der Waals surface area contributed by atoms with Gasteiger partial charge in [-0.1, -0.05) is 36.8 Å². The van der Waals surface area contributed by atoms with Crippen molar-refractivity contribution in [2.24, 2.45) is 11.8 Å². The summed E-state index contributed by atoms with van der Waals surface area (Å²) in [6.45, 7) is 0. The predicted octanol–water partition coefficient (Wildman–Crippen LogP) is 3.43. The quantitative estimate of drug-likeness (QED) is 0.859. The Morgan fingerprint density at radius 2 is 1.70 bits per heavy atom. The van der Waals surface area contributed by atoms with Gasteiger partial charge in [0.15, 0.2) is 0 Å². The highest BCUT2D eigenvalue weighted by molar-refractivity contribution is 7.92. The van der Waals surface area contributed by atoms with E-state index in [1.165, 1.54) is 30.6 Å². The molecule has 2 saturated carbocycles. The Morgan fingerprint density at radius 3 is 2.37 bits per heavy atom. The lowest BCUT2D eigenvalue weighted by molar-refractivity contribution is 0.0923. The van der Waals surface area contributed by atoms with E-state index in [-0.39, 0.29) is 16.8 Å². The van der Waals surface area contributed by atoms with Crippen molar-refractivity contribution in [3.63, 3.8) is 0 Å². The summed E-state index contributed by atoms with van der Waals surface area (Å²) in [5.74, 6) is 1.10. The van der Waals surface area contributed by atoms with E-state index < -0.39 is 10.0 Å². The average Bonchev–Trinajstić information content (AvgIpc) is 3.31. The standard InChI is InChI=1S/C21H24N2O3S/c1-23(27(25,26)17-7-3-2-4-8-17)20-10-6-5-9-18(20)21(24)22-19-14-15-11-12-16(19)13-15/h2-10,15-16,19H,11-14H2,1H3,(H,22,24)/t15-,16-,19+/m1/s1. The number of nitrogens with one attached hydrogen (secondary N) is 1. The largest absolute Gasteiger partial charge is 0.349 e. The normalized spacial score (nSPS) is 24.0. The van der Waals surface area contributed by atoms with E-state index in [4.69, 9.17) is 0 Å². The van der Waals surface area contributed by atoms with Crippen LogP contribution in [0.25, 0.3) is 0 Å². The first-order valence-corrected chi connectivity index (χ1v) is 10.8. The summed E-state index contributed by atoms with van der Waals surface area (Å²) in [4.78, 5) is 13.1. The first-order valence-electron chi connectivity index (χ1n) is 9.40. The first-order chi connectivity index (χ1) is 13.0. The maximum Gasteiger partial charge on any atom is 0.264 e. The van der Waals surface area contributed by atoms with Gasteiger partial charge in [0, 0.05) is 13.1 Å². The van der Waals surface area contributed by atoms with Crippen LogP contribution in [-0.4, -0.2) is 27.4 Å². The fraction of sp³-hybridized carbons (Fsp3) is 0.381. The Bertz CT molecular complexity index is 943. The van der Waals surface area contributed by atoms with Gasteiger partial charge >= 0.3 is 0 Å². The molecule has 1 amide bonds. The monoisotopic (exact) mass is 384 g/mol. The van der Waals surface area contributed by atoms with Gasteiger partial charge in [0.2, 0.25) is 0 Å². The number of benzene rings is 2. The number of hydrogen-bond acceptors (Lipinski definition) is 3. The van der Waals surface area contributed by atoms with Crippen molar-refractivity contribution in [3.8, 4) is 0 Å². The summed E-state index contributed by atoms with van der Waals surface area (Å²) in [6.07, 6.45) is 4.69. The minimum absolute atomic E-state index is 0.196. The van der Waals surface area contributed by atoms with E-state index in [9.17, 15) is 13.2 Å². The lowest BCUT2D eigenvalue weighted by atomic mass is 9.95. The molecule has 0 aromatic heterocycles. The molecule has 0 unspecified atom stereocenters. The van der Waals surface area contributed by atoms with Gasteiger partial charge in [-0.15, -0.1) is 0 Å². The minimum Gasteiger partial charge on any atom is -0.349 e. The third-order valence-electron chi connectivity index (χ3n) is 5.94. The highest BCUT2D eigenvalue weighted by atomic mass is 32.2. The fourth-order valence-corrected chi connectivity index (χ4v) is 5.72. The molecule has 0 heterocycles. The Kier molecular flexibility index (Phi) is 4.68. The molecule has 27 heavy (non-hydrogen) atoms. The Morgan fingerprint density at radius 1 is 1.00 bits per heavy atom. The molecule has 0 aliphatic heterocycles. The predicted molar refractivity (Wildman–Crippen MR) is 105 cm³/mol. The molecule has 2 fully saturated rings. The zero-order valence-electron chi connectivity index (χ0n) is 15.3. The molecule has 2 aromatic carbocycles. The van der Waals surface area contributed by atoms with Crippen molar-refractivity contribution in [2.75, 3.05) is 11.4 Å². The van der Waals surface area contributed by atoms with Gasteiger partial charge in [0.05, 0.1) is 16.1 Å². The summed E-state index contributed by atoms with van der Waals surface area (Å²) in [5.41, 5.74) is 0.782. The second kappa shape index (κ2) is 7.00. The maximum atomic E-state index is 13.0. The lowest BCUT2D eigenvalue weighted by Crippen LogP contribution is -2.39. The highest BCUT2D eigenvalue weighted by Crippen LogP contribution is 2.44. The van der Waals surface area contributed by atoms with Gasteiger partial charge in [-0.2, -0.15) is 0 Å². The summed E-state index contributed by atoms with van der Waals surface area (Å²) >= 11 is 0.